The molecule has 2 N–H and O–H groups in total. The lowest BCUT2D eigenvalue weighted by Crippen LogP contribution is -2.04. The van der Waals surface area contributed by atoms with Crippen LogP contribution in [0.1, 0.15) is 24.8 Å². The molecule has 0 saturated carbocycles. The second kappa shape index (κ2) is 4.96. The third-order valence-electron chi connectivity index (χ3n) is 2.34. The average molecular weight is 197 g/mol. The SMILES string of the molecule is COc1cc(C(C)CCN)ccc1F. The molecule has 3 heteroatoms. The van der Waals surface area contributed by atoms with E-state index >= 15 is 0 Å². The Labute approximate surface area is 83.9 Å². The summed E-state index contributed by atoms with van der Waals surface area (Å²) in [6.07, 6.45) is 0.898. The van der Waals surface area contributed by atoms with Crippen LogP contribution in [0.3, 0.4) is 0 Å². The third-order valence-corrected chi connectivity index (χ3v) is 2.34. The van der Waals surface area contributed by atoms with Gasteiger partial charge in [-0.3, -0.25) is 0 Å². The summed E-state index contributed by atoms with van der Waals surface area (Å²) in [5, 5.41) is 0. The number of rotatable bonds is 4. The van der Waals surface area contributed by atoms with Crippen molar-refractivity contribution >= 4 is 0 Å². The first-order valence-electron chi connectivity index (χ1n) is 4.72. The van der Waals surface area contributed by atoms with Crippen molar-refractivity contribution in [1.29, 1.82) is 0 Å². The monoisotopic (exact) mass is 197 g/mol. The van der Waals surface area contributed by atoms with Crippen molar-refractivity contribution in [2.24, 2.45) is 5.73 Å². The Bertz CT molecular complexity index is 301. The van der Waals surface area contributed by atoms with Gasteiger partial charge < -0.3 is 10.5 Å². The van der Waals surface area contributed by atoms with Crippen LogP contribution in [0.25, 0.3) is 0 Å². The van der Waals surface area contributed by atoms with Crippen molar-refractivity contribution in [2.75, 3.05) is 13.7 Å². The van der Waals surface area contributed by atoms with E-state index in [4.69, 9.17) is 10.5 Å². The molecule has 1 aromatic carbocycles. The van der Waals surface area contributed by atoms with Crippen molar-refractivity contribution in [1.82, 2.24) is 0 Å². The zero-order valence-electron chi connectivity index (χ0n) is 8.59. The van der Waals surface area contributed by atoms with E-state index in [9.17, 15) is 4.39 Å². The Morgan fingerprint density at radius 3 is 2.79 bits per heavy atom. The molecule has 14 heavy (non-hydrogen) atoms. The van der Waals surface area contributed by atoms with Gasteiger partial charge in [0.2, 0.25) is 0 Å². The van der Waals surface area contributed by atoms with Gasteiger partial charge in [-0.25, -0.2) is 4.39 Å². The summed E-state index contributed by atoms with van der Waals surface area (Å²) >= 11 is 0. The lowest BCUT2D eigenvalue weighted by Gasteiger charge is -2.11. The molecule has 0 amide bonds. The molecule has 0 aliphatic carbocycles. The number of halogens is 1. The van der Waals surface area contributed by atoms with E-state index in [0.717, 1.165) is 12.0 Å². The average Bonchev–Trinajstić information content (AvgIpc) is 2.19. The van der Waals surface area contributed by atoms with Gasteiger partial charge in [0.25, 0.3) is 0 Å². The van der Waals surface area contributed by atoms with Gasteiger partial charge in [0, 0.05) is 0 Å². The van der Waals surface area contributed by atoms with Crippen LogP contribution in [0.4, 0.5) is 4.39 Å². The minimum atomic E-state index is -0.323. The Kier molecular flexibility index (Phi) is 3.89. The summed E-state index contributed by atoms with van der Waals surface area (Å²) in [5.74, 6) is 0.317. The minimum Gasteiger partial charge on any atom is -0.494 e. The summed E-state index contributed by atoms with van der Waals surface area (Å²) in [5.41, 5.74) is 6.53. The molecule has 0 aromatic heterocycles. The number of benzene rings is 1. The van der Waals surface area contributed by atoms with Gasteiger partial charge in [0.1, 0.15) is 0 Å². The van der Waals surface area contributed by atoms with E-state index in [0.29, 0.717) is 18.2 Å². The lowest BCUT2D eigenvalue weighted by molar-refractivity contribution is 0.385. The molecule has 1 unspecified atom stereocenters. The van der Waals surface area contributed by atoms with Gasteiger partial charge in [-0.2, -0.15) is 0 Å². The topological polar surface area (TPSA) is 35.2 Å². The molecule has 1 aromatic rings. The predicted molar refractivity (Wildman–Crippen MR) is 55.0 cm³/mol. The molecular formula is C11H16FNO. The molecule has 0 saturated heterocycles. The van der Waals surface area contributed by atoms with E-state index in [2.05, 4.69) is 6.92 Å². The molecule has 0 heterocycles. The molecule has 0 spiro atoms. The van der Waals surface area contributed by atoms with Crippen LogP contribution in [0.2, 0.25) is 0 Å². The Hall–Kier alpha value is -1.09. The lowest BCUT2D eigenvalue weighted by atomic mass is 9.98. The summed E-state index contributed by atoms with van der Waals surface area (Å²) in [6, 6.07) is 4.94. The maximum absolute atomic E-state index is 13.1. The minimum absolute atomic E-state index is 0.298. The first kappa shape index (κ1) is 11.0. The second-order valence-corrected chi connectivity index (χ2v) is 3.37. The third kappa shape index (κ3) is 2.45. The van der Waals surface area contributed by atoms with Gasteiger partial charge in [-0.1, -0.05) is 13.0 Å². The van der Waals surface area contributed by atoms with Crippen LogP contribution in [-0.4, -0.2) is 13.7 Å². The molecule has 0 fully saturated rings. The molecule has 78 valence electrons. The summed E-state index contributed by atoms with van der Waals surface area (Å²) in [7, 11) is 1.47. The normalized spacial score (nSPS) is 12.6. The fraction of sp³-hybridized carbons (Fsp3) is 0.455. The molecule has 0 aliphatic rings. The first-order valence-corrected chi connectivity index (χ1v) is 4.72. The quantitative estimate of drug-likeness (QED) is 0.803. The first-order chi connectivity index (χ1) is 6.69. The smallest absolute Gasteiger partial charge is 0.165 e. The Morgan fingerprint density at radius 1 is 1.50 bits per heavy atom. The van der Waals surface area contributed by atoms with Crippen molar-refractivity contribution < 1.29 is 9.13 Å². The summed E-state index contributed by atoms with van der Waals surface area (Å²) in [4.78, 5) is 0. The summed E-state index contributed by atoms with van der Waals surface area (Å²) in [6.45, 7) is 2.71. The van der Waals surface area contributed by atoms with Crippen molar-refractivity contribution in [2.45, 2.75) is 19.3 Å². The molecule has 0 aliphatic heterocycles. The zero-order chi connectivity index (χ0) is 10.6. The summed E-state index contributed by atoms with van der Waals surface area (Å²) < 4.78 is 18.0. The zero-order valence-corrected chi connectivity index (χ0v) is 8.59. The number of hydrogen-bond donors (Lipinski definition) is 1. The second-order valence-electron chi connectivity index (χ2n) is 3.37. The van der Waals surface area contributed by atoms with Crippen molar-refractivity contribution in [3.63, 3.8) is 0 Å². The van der Waals surface area contributed by atoms with Crippen LogP contribution in [0.15, 0.2) is 18.2 Å². The van der Waals surface area contributed by atoms with Gasteiger partial charge in [0.15, 0.2) is 11.6 Å². The molecule has 1 rings (SSSR count). The number of methoxy groups -OCH3 is 1. The Morgan fingerprint density at radius 2 is 2.21 bits per heavy atom. The number of nitrogens with two attached hydrogens (primary N) is 1. The molecule has 1 atom stereocenters. The van der Waals surface area contributed by atoms with E-state index in [-0.39, 0.29) is 5.82 Å². The highest BCUT2D eigenvalue weighted by atomic mass is 19.1. The standard InChI is InChI=1S/C11H16FNO/c1-8(5-6-13)9-3-4-10(12)11(7-9)14-2/h3-4,7-8H,5-6,13H2,1-2H3. The largest absolute Gasteiger partial charge is 0.494 e. The van der Waals surface area contributed by atoms with Gasteiger partial charge in [-0.05, 0) is 36.6 Å². The number of ether oxygens (including phenoxy) is 1. The van der Waals surface area contributed by atoms with Crippen LogP contribution in [0, 0.1) is 5.82 Å². The highest BCUT2D eigenvalue weighted by Gasteiger charge is 2.08. The van der Waals surface area contributed by atoms with E-state index in [1.165, 1.54) is 13.2 Å². The maximum Gasteiger partial charge on any atom is 0.165 e. The predicted octanol–water partition coefficient (Wildman–Crippen LogP) is 2.29. The van der Waals surface area contributed by atoms with Crippen LogP contribution >= 0.6 is 0 Å². The fourth-order valence-corrected chi connectivity index (χ4v) is 1.40. The highest BCUT2D eigenvalue weighted by molar-refractivity contribution is 5.32. The molecule has 0 radical (unpaired) electrons. The van der Waals surface area contributed by atoms with E-state index in [1.54, 1.807) is 12.1 Å². The van der Waals surface area contributed by atoms with Crippen molar-refractivity contribution in [3.05, 3.63) is 29.6 Å². The highest BCUT2D eigenvalue weighted by Crippen LogP contribution is 2.25. The fourth-order valence-electron chi connectivity index (χ4n) is 1.40. The molecule has 2 nitrogen and oxygen atoms in total. The Balaban J connectivity index is 2.88. The van der Waals surface area contributed by atoms with Gasteiger partial charge in [-0.15, -0.1) is 0 Å². The van der Waals surface area contributed by atoms with Crippen molar-refractivity contribution in [3.8, 4) is 5.75 Å². The van der Waals surface area contributed by atoms with E-state index < -0.39 is 0 Å². The van der Waals surface area contributed by atoms with Crippen LogP contribution in [-0.2, 0) is 0 Å². The molecule has 0 bridgehead atoms. The van der Waals surface area contributed by atoms with Gasteiger partial charge in [0.05, 0.1) is 7.11 Å². The van der Waals surface area contributed by atoms with E-state index in [1.807, 2.05) is 0 Å². The van der Waals surface area contributed by atoms with Crippen LogP contribution < -0.4 is 10.5 Å². The van der Waals surface area contributed by atoms with Gasteiger partial charge >= 0.3 is 0 Å². The molecular weight excluding hydrogens is 181 g/mol. The van der Waals surface area contributed by atoms with Crippen LogP contribution in [0.5, 0.6) is 5.75 Å². The maximum atomic E-state index is 13.1. The number of hydrogen-bond acceptors (Lipinski definition) is 2.